The molecule has 0 saturated carbocycles. The smallest absolute Gasteiger partial charge is 0.302 e. The lowest BCUT2D eigenvalue weighted by molar-refractivity contribution is 0.234. The third-order valence-electron chi connectivity index (χ3n) is 0.459. The highest BCUT2D eigenvalue weighted by Gasteiger charge is 2.17. The van der Waals surface area contributed by atoms with Crippen molar-refractivity contribution in [2.24, 2.45) is 0 Å². The maximum absolute atomic E-state index is 10.3. The summed E-state index contributed by atoms with van der Waals surface area (Å²) in [6.45, 7) is 3.23. The summed E-state index contributed by atoms with van der Waals surface area (Å²) < 4.78 is 18.3. The van der Waals surface area contributed by atoms with E-state index >= 15 is 0 Å². The van der Waals surface area contributed by atoms with Crippen LogP contribution >= 0.6 is 20.7 Å². The quantitative estimate of drug-likeness (QED) is 0.287. The first-order chi connectivity index (χ1) is 4.12. The van der Waals surface area contributed by atoms with E-state index in [4.69, 9.17) is 4.89 Å². The highest BCUT2D eigenvalue weighted by molar-refractivity contribution is 7.80. The van der Waals surface area contributed by atoms with Crippen LogP contribution in [0, 0.1) is 0 Å². The zero-order chi connectivity index (χ0) is 7.33. The molecular weight excluding hydrogens is 163 g/mol. The van der Waals surface area contributed by atoms with Gasteiger partial charge in [-0.15, -0.1) is 6.58 Å². The van der Waals surface area contributed by atoms with Crippen molar-refractivity contribution in [3.05, 3.63) is 12.7 Å². The molecule has 4 nitrogen and oxygen atoms in total. The van der Waals surface area contributed by atoms with Gasteiger partial charge in [-0.1, -0.05) is 6.08 Å². The van der Waals surface area contributed by atoms with E-state index in [0.717, 1.165) is 0 Å². The van der Waals surface area contributed by atoms with Gasteiger partial charge in [-0.05, 0) is 12.9 Å². The molecule has 0 rings (SSSR count). The summed E-state index contributed by atoms with van der Waals surface area (Å²) in [6.07, 6.45) is 1.33. The van der Waals surface area contributed by atoms with E-state index in [2.05, 4.69) is 28.0 Å². The van der Waals surface area contributed by atoms with Crippen LogP contribution in [0.5, 0.6) is 0 Å². The van der Waals surface area contributed by atoms with Crippen molar-refractivity contribution in [2.75, 3.05) is 6.61 Å². The van der Waals surface area contributed by atoms with Crippen LogP contribution in [0.1, 0.15) is 0 Å². The minimum Gasteiger partial charge on any atom is -0.302 e. The Labute approximate surface area is 58.7 Å². The molecule has 0 aliphatic rings. The molecular formula is C3H7O4PS. The number of hydrogen-bond acceptors (Lipinski definition) is 4. The van der Waals surface area contributed by atoms with Crippen molar-refractivity contribution in [3.8, 4) is 0 Å². The molecule has 9 heavy (non-hydrogen) atoms. The van der Waals surface area contributed by atoms with E-state index in [1.54, 1.807) is 0 Å². The minimum atomic E-state index is -3.90. The Kier molecular flexibility index (Phi) is 4.18. The second kappa shape index (κ2) is 4.09. The fourth-order valence-electron chi connectivity index (χ4n) is 0.170. The van der Waals surface area contributed by atoms with Crippen molar-refractivity contribution in [2.45, 2.75) is 0 Å². The highest BCUT2D eigenvalue weighted by atomic mass is 32.1. The van der Waals surface area contributed by atoms with Crippen LogP contribution in [0.3, 0.4) is 0 Å². The lowest BCUT2D eigenvalue weighted by Gasteiger charge is -2.03. The topological polar surface area (TPSA) is 55.8 Å². The maximum Gasteiger partial charge on any atom is 0.483 e. The maximum atomic E-state index is 10.3. The fourth-order valence-corrected chi connectivity index (χ4v) is 0.653. The molecule has 0 spiro atoms. The summed E-state index contributed by atoms with van der Waals surface area (Å²) >= 11 is 3.10. The Morgan fingerprint density at radius 3 is 2.78 bits per heavy atom. The number of hydrogen-bond donors (Lipinski definition) is 2. The Bertz CT molecular complexity index is 136. The van der Waals surface area contributed by atoms with Gasteiger partial charge in [-0.2, -0.15) is 0 Å². The summed E-state index contributed by atoms with van der Waals surface area (Å²) in [6, 6.07) is 0. The van der Waals surface area contributed by atoms with Crippen LogP contribution in [0.25, 0.3) is 0 Å². The summed E-state index contributed by atoms with van der Waals surface area (Å²) in [7, 11) is -3.90. The predicted molar refractivity (Wildman–Crippen MR) is 36.0 cm³/mol. The Morgan fingerprint density at radius 2 is 2.44 bits per heavy atom. The Hall–Kier alpha value is 0.200. The molecule has 0 amide bonds. The molecule has 0 aliphatic heterocycles. The molecule has 0 bridgehead atoms. The van der Waals surface area contributed by atoms with E-state index in [1.165, 1.54) is 6.08 Å². The van der Waals surface area contributed by atoms with Crippen LogP contribution < -0.4 is 0 Å². The van der Waals surface area contributed by atoms with Crippen LogP contribution in [-0.2, 0) is 13.1 Å². The lowest BCUT2D eigenvalue weighted by Crippen LogP contribution is -1.87. The molecule has 6 heteroatoms. The molecule has 54 valence electrons. The van der Waals surface area contributed by atoms with Gasteiger partial charge in [0.1, 0.15) is 0 Å². The first-order valence-electron chi connectivity index (χ1n) is 2.04. The van der Waals surface area contributed by atoms with Gasteiger partial charge in [-0.25, -0.2) is 8.54 Å². The van der Waals surface area contributed by atoms with Crippen molar-refractivity contribution >= 4 is 20.7 Å². The first kappa shape index (κ1) is 9.20. The van der Waals surface area contributed by atoms with Gasteiger partial charge in [-0.3, -0.25) is 4.52 Å². The van der Waals surface area contributed by atoms with Gasteiger partial charge >= 0.3 is 7.82 Å². The predicted octanol–water partition coefficient (Wildman–Crippen LogP) is 1.15. The van der Waals surface area contributed by atoms with E-state index in [0.29, 0.717) is 0 Å². The zero-order valence-electron chi connectivity index (χ0n) is 4.56. The largest absolute Gasteiger partial charge is 0.483 e. The molecule has 0 fully saturated rings. The van der Waals surface area contributed by atoms with Gasteiger partial charge < -0.3 is 4.89 Å². The van der Waals surface area contributed by atoms with Crippen LogP contribution in [-0.4, -0.2) is 11.5 Å². The van der Waals surface area contributed by atoms with Gasteiger partial charge in [0.15, 0.2) is 0 Å². The first-order valence-corrected chi connectivity index (χ1v) is 3.90. The van der Waals surface area contributed by atoms with E-state index < -0.39 is 7.82 Å². The molecule has 0 aromatic carbocycles. The second-order valence-electron chi connectivity index (χ2n) is 1.13. The Morgan fingerprint density at radius 1 is 1.89 bits per heavy atom. The number of thiol groups is 1. The minimum absolute atomic E-state index is 0.0334. The lowest BCUT2D eigenvalue weighted by atomic mass is 10.7. The molecule has 0 aliphatic carbocycles. The van der Waals surface area contributed by atoms with Gasteiger partial charge in [0.05, 0.1) is 6.61 Å². The van der Waals surface area contributed by atoms with E-state index in [-0.39, 0.29) is 6.61 Å². The van der Waals surface area contributed by atoms with Crippen molar-refractivity contribution in [3.63, 3.8) is 0 Å². The Balaban J connectivity index is 3.58. The fraction of sp³-hybridized carbons (Fsp3) is 0.333. The molecule has 0 aromatic rings. The van der Waals surface area contributed by atoms with Crippen LogP contribution in [0.15, 0.2) is 12.7 Å². The van der Waals surface area contributed by atoms with Crippen molar-refractivity contribution in [1.29, 1.82) is 0 Å². The van der Waals surface area contributed by atoms with Crippen LogP contribution in [0.4, 0.5) is 0 Å². The van der Waals surface area contributed by atoms with E-state index in [1.807, 2.05) is 0 Å². The molecule has 0 heterocycles. The van der Waals surface area contributed by atoms with Crippen molar-refractivity contribution in [1.82, 2.24) is 0 Å². The summed E-state index contributed by atoms with van der Waals surface area (Å²) in [5.74, 6) is 0. The molecule has 0 radical (unpaired) electrons. The standard InChI is InChI=1S/C3H7O4PS/c1-2-3-6-8(4,5)7-9/h2,9H,1,3H2,(H,4,5). The van der Waals surface area contributed by atoms with Gasteiger partial charge in [0.2, 0.25) is 0 Å². The number of phosphoric acid groups is 1. The average molecular weight is 170 g/mol. The number of rotatable bonds is 4. The molecule has 1 N–H and O–H groups in total. The zero-order valence-corrected chi connectivity index (χ0v) is 6.35. The van der Waals surface area contributed by atoms with E-state index in [9.17, 15) is 4.57 Å². The van der Waals surface area contributed by atoms with Gasteiger partial charge in [0.25, 0.3) is 0 Å². The molecule has 1 atom stereocenters. The normalized spacial score (nSPS) is 16.7. The average Bonchev–Trinajstić information content (AvgIpc) is 1.84. The molecule has 0 saturated heterocycles. The monoisotopic (exact) mass is 170 g/mol. The summed E-state index contributed by atoms with van der Waals surface area (Å²) in [4.78, 5) is 8.44. The SMILES string of the molecule is C=CCOP(=O)(O)OS. The molecule has 0 aromatic heterocycles. The number of phosphoric ester groups is 1. The highest BCUT2D eigenvalue weighted by Crippen LogP contribution is 2.43. The van der Waals surface area contributed by atoms with Gasteiger partial charge in [0, 0.05) is 0 Å². The van der Waals surface area contributed by atoms with Crippen LogP contribution in [0.2, 0.25) is 0 Å². The third kappa shape index (κ3) is 4.69. The third-order valence-corrected chi connectivity index (χ3v) is 1.76. The molecule has 1 unspecified atom stereocenters. The summed E-state index contributed by atoms with van der Waals surface area (Å²) in [5, 5.41) is 0. The summed E-state index contributed by atoms with van der Waals surface area (Å²) in [5.41, 5.74) is 0. The second-order valence-corrected chi connectivity index (χ2v) is 2.98. The van der Waals surface area contributed by atoms with Crippen molar-refractivity contribution < 1.29 is 18.0 Å².